The molecule has 3 aromatic rings. The topological polar surface area (TPSA) is 88.3 Å². The summed E-state index contributed by atoms with van der Waals surface area (Å²) in [5, 5.41) is 7.23. The summed E-state index contributed by atoms with van der Waals surface area (Å²) < 4.78 is 5.23. The van der Waals surface area contributed by atoms with E-state index in [4.69, 9.17) is 16.1 Å². The Morgan fingerprint density at radius 2 is 1.82 bits per heavy atom. The molecule has 1 fully saturated rings. The summed E-state index contributed by atoms with van der Waals surface area (Å²) >= 11 is 5.91. The number of amides is 3. The van der Waals surface area contributed by atoms with Gasteiger partial charge in [0.2, 0.25) is 5.89 Å². The first-order valence-corrected chi connectivity index (χ1v) is 9.09. The van der Waals surface area contributed by atoms with Gasteiger partial charge in [0.25, 0.3) is 5.91 Å². The van der Waals surface area contributed by atoms with Crippen LogP contribution in [0, 0.1) is 0 Å². The Hall–Kier alpha value is -3.19. The lowest BCUT2D eigenvalue weighted by molar-refractivity contribution is -0.131. The van der Waals surface area contributed by atoms with Gasteiger partial charge in [0.05, 0.1) is 0 Å². The molecule has 2 aromatic carbocycles. The molecule has 8 heteroatoms. The maximum atomic E-state index is 12.9. The highest BCUT2D eigenvalue weighted by molar-refractivity contribution is 6.30. The van der Waals surface area contributed by atoms with Crippen LogP contribution in [0.15, 0.2) is 59.1 Å². The van der Waals surface area contributed by atoms with Crippen molar-refractivity contribution in [3.8, 4) is 0 Å². The highest BCUT2D eigenvalue weighted by Crippen LogP contribution is 2.30. The molecule has 2 heterocycles. The van der Waals surface area contributed by atoms with E-state index in [1.165, 1.54) is 0 Å². The number of hydrogen-bond acceptors (Lipinski definition) is 5. The molecule has 1 aromatic heterocycles. The van der Waals surface area contributed by atoms with Gasteiger partial charge in [-0.2, -0.15) is 4.98 Å². The molecule has 1 aliphatic rings. The Kier molecular flexibility index (Phi) is 4.60. The summed E-state index contributed by atoms with van der Waals surface area (Å²) in [5.74, 6) is 0.311. The lowest BCUT2D eigenvalue weighted by Crippen LogP contribution is -2.40. The van der Waals surface area contributed by atoms with E-state index < -0.39 is 11.6 Å². The van der Waals surface area contributed by atoms with Gasteiger partial charge in [-0.25, -0.2) is 4.79 Å². The third-order valence-corrected chi connectivity index (χ3v) is 4.96. The van der Waals surface area contributed by atoms with Crippen LogP contribution in [0.25, 0.3) is 0 Å². The van der Waals surface area contributed by atoms with E-state index >= 15 is 0 Å². The van der Waals surface area contributed by atoms with Crippen molar-refractivity contribution in [1.82, 2.24) is 20.4 Å². The van der Waals surface area contributed by atoms with E-state index in [9.17, 15) is 9.59 Å². The second kappa shape index (κ2) is 7.09. The molecule has 0 saturated carbocycles. The first-order chi connectivity index (χ1) is 13.5. The molecule has 1 atom stereocenters. The maximum Gasteiger partial charge on any atom is 0.325 e. The summed E-state index contributed by atoms with van der Waals surface area (Å²) in [5.41, 5.74) is 0.516. The quantitative estimate of drug-likeness (QED) is 0.668. The van der Waals surface area contributed by atoms with Gasteiger partial charge in [0.1, 0.15) is 12.1 Å². The van der Waals surface area contributed by atoms with Crippen LogP contribution in [0.1, 0.15) is 29.8 Å². The third kappa shape index (κ3) is 3.36. The minimum absolute atomic E-state index is 0.0877. The lowest BCUT2D eigenvalue weighted by Gasteiger charge is -2.22. The number of imide groups is 1. The Bertz CT molecular complexity index is 1020. The van der Waals surface area contributed by atoms with Crippen molar-refractivity contribution in [1.29, 1.82) is 0 Å². The number of benzene rings is 2. The average molecular weight is 397 g/mol. The van der Waals surface area contributed by atoms with Gasteiger partial charge in [-0.15, -0.1) is 0 Å². The number of carbonyl (C=O) groups is 2. The number of nitrogens with one attached hydrogen (secondary N) is 1. The molecule has 0 radical (unpaired) electrons. The number of halogens is 1. The van der Waals surface area contributed by atoms with Crippen molar-refractivity contribution in [3.05, 3.63) is 82.5 Å². The molecule has 4 rings (SSSR count). The smallest absolute Gasteiger partial charge is 0.325 e. The molecule has 1 saturated heterocycles. The second-order valence-electron chi connectivity index (χ2n) is 6.72. The molecule has 0 spiro atoms. The van der Waals surface area contributed by atoms with Crippen molar-refractivity contribution in [2.24, 2.45) is 0 Å². The monoisotopic (exact) mass is 396 g/mol. The SMILES string of the molecule is CC1(c2ccc(Cl)cc2)NC(=O)N(Cc2nc(Cc3ccccc3)no2)C1=O. The Labute approximate surface area is 166 Å². The fraction of sp³-hybridized carbons (Fsp3) is 0.200. The van der Waals surface area contributed by atoms with Crippen LogP contribution in [0.4, 0.5) is 4.79 Å². The average Bonchev–Trinajstić information content (AvgIpc) is 3.21. The van der Waals surface area contributed by atoms with E-state index in [0.717, 1.165) is 10.5 Å². The first kappa shape index (κ1) is 18.2. The summed E-state index contributed by atoms with van der Waals surface area (Å²) in [6.45, 7) is 1.57. The van der Waals surface area contributed by atoms with Gasteiger partial charge in [-0.05, 0) is 30.2 Å². The van der Waals surface area contributed by atoms with Crippen molar-refractivity contribution in [3.63, 3.8) is 0 Å². The number of carbonyl (C=O) groups excluding carboxylic acids is 2. The lowest BCUT2D eigenvalue weighted by atomic mass is 9.92. The molecule has 1 aliphatic heterocycles. The van der Waals surface area contributed by atoms with E-state index in [0.29, 0.717) is 22.8 Å². The summed E-state index contributed by atoms with van der Waals surface area (Å²) in [4.78, 5) is 30.7. The number of nitrogens with zero attached hydrogens (tertiary/aromatic N) is 3. The van der Waals surface area contributed by atoms with Crippen LogP contribution in [0.3, 0.4) is 0 Å². The predicted octanol–water partition coefficient (Wildman–Crippen LogP) is 3.28. The standard InChI is InChI=1S/C20H17ClN4O3/c1-20(14-7-9-15(21)10-8-14)18(26)25(19(27)23-20)12-17-22-16(24-28-17)11-13-5-3-2-4-6-13/h2-10H,11-12H2,1H3,(H,23,27). The molecule has 1 unspecified atom stereocenters. The van der Waals surface area contributed by atoms with Crippen molar-refractivity contribution in [2.45, 2.75) is 25.4 Å². The molecule has 3 amide bonds. The van der Waals surface area contributed by atoms with Gasteiger partial charge in [-0.3, -0.25) is 9.69 Å². The van der Waals surface area contributed by atoms with E-state index in [1.54, 1.807) is 31.2 Å². The second-order valence-corrected chi connectivity index (χ2v) is 7.16. The fourth-order valence-corrected chi connectivity index (χ4v) is 3.29. The number of urea groups is 1. The fourth-order valence-electron chi connectivity index (χ4n) is 3.16. The molecule has 1 N–H and O–H groups in total. The van der Waals surface area contributed by atoms with Crippen LogP contribution in [0.5, 0.6) is 0 Å². The Morgan fingerprint density at radius 1 is 1.11 bits per heavy atom. The Balaban J connectivity index is 1.50. The van der Waals surface area contributed by atoms with Gasteiger partial charge in [0.15, 0.2) is 5.82 Å². The number of hydrogen-bond donors (Lipinski definition) is 1. The van der Waals surface area contributed by atoms with Crippen molar-refractivity contribution < 1.29 is 14.1 Å². The molecule has 0 aliphatic carbocycles. The van der Waals surface area contributed by atoms with E-state index in [2.05, 4.69) is 15.5 Å². The normalized spacial score (nSPS) is 19.1. The van der Waals surface area contributed by atoms with Crippen molar-refractivity contribution in [2.75, 3.05) is 0 Å². The molecule has 142 valence electrons. The van der Waals surface area contributed by atoms with Gasteiger partial charge in [-0.1, -0.05) is 59.2 Å². The third-order valence-electron chi connectivity index (χ3n) is 4.71. The summed E-state index contributed by atoms with van der Waals surface area (Å²) in [6, 6.07) is 16.0. The number of aromatic nitrogens is 2. The van der Waals surface area contributed by atoms with Gasteiger partial charge in [0, 0.05) is 11.4 Å². The largest absolute Gasteiger partial charge is 0.337 e. The van der Waals surface area contributed by atoms with E-state index in [1.807, 2.05) is 30.3 Å². The summed E-state index contributed by atoms with van der Waals surface area (Å²) in [7, 11) is 0. The zero-order valence-electron chi connectivity index (χ0n) is 15.1. The molecule has 28 heavy (non-hydrogen) atoms. The summed E-state index contributed by atoms with van der Waals surface area (Å²) in [6.07, 6.45) is 0.507. The van der Waals surface area contributed by atoms with Crippen LogP contribution in [-0.2, 0) is 23.3 Å². The van der Waals surface area contributed by atoms with Gasteiger partial charge >= 0.3 is 6.03 Å². The molecular formula is C20H17ClN4O3. The van der Waals surface area contributed by atoms with Gasteiger partial charge < -0.3 is 9.84 Å². The minimum atomic E-state index is -1.17. The van der Waals surface area contributed by atoms with E-state index in [-0.39, 0.29) is 18.3 Å². The molecular weight excluding hydrogens is 380 g/mol. The van der Waals surface area contributed by atoms with Crippen LogP contribution >= 0.6 is 11.6 Å². The van der Waals surface area contributed by atoms with Crippen LogP contribution in [-0.4, -0.2) is 27.0 Å². The van der Waals surface area contributed by atoms with Crippen molar-refractivity contribution >= 4 is 23.5 Å². The minimum Gasteiger partial charge on any atom is -0.337 e. The maximum absolute atomic E-state index is 12.9. The zero-order valence-corrected chi connectivity index (χ0v) is 15.8. The Morgan fingerprint density at radius 3 is 2.54 bits per heavy atom. The molecule has 0 bridgehead atoms. The van der Waals surface area contributed by atoms with Crippen LogP contribution in [0.2, 0.25) is 5.02 Å². The predicted molar refractivity (Wildman–Crippen MR) is 101 cm³/mol. The zero-order chi connectivity index (χ0) is 19.7. The van der Waals surface area contributed by atoms with Crippen LogP contribution < -0.4 is 5.32 Å². The highest BCUT2D eigenvalue weighted by atomic mass is 35.5. The highest BCUT2D eigenvalue weighted by Gasteiger charge is 2.49. The first-order valence-electron chi connectivity index (χ1n) is 8.71. The molecule has 7 nitrogen and oxygen atoms in total. The number of rotatable bonds is 5.